The monoisotopic (exact) mass is 438 g/mol. The van der Waals surface area contributed by atoms with Crippen LogP contribution in [0.2, 0.25) is 0 Å². The number of fused-ring (bicyclic) bond motifs is 3. The standard InChI is InChI=1S/C25H30N2O5/c1-3-22(24(29)30)27-23(28)14-16(2)12-13-26-25(31)32-15-21-19-10-6-4-8-17(19)18-9-5-7-11-20(18)21/h4-11,16,21-22H,3,12-15H2,1-2H3,(H,26,31)(H,27,28)(H,29,30). The third-order valence-corrected chi connectivity index (χ3v) is 5.83. The van der Waals surface area contributed by atoms with Crippen LogP contribution >= 0.6 is 0 Å². The van der Waals surface area contributed by atoms with E-state index in [2.05, 4.69) is 34.9 Å². The minimum atomic E-state index is -1.04. The first-order valence-corrected chi connectivity index (χ1v) is 11.0. The summed E-state index contributed by atoms with van der Waals surface area (Å²) in [6.45, 7) is 4.23. The lowest BCUT2D eigenvalue weighted by atomic mass is 9.98. The van der Waals surface area contributed by atoms with Gasteiger partial charge in [0.05, 0.1) is 0 Å². The molecule has 2 atom stereocenters. The fourth-order valence-corrected chi connectivity index (χ4v) is 4.08. The van der Waals surface area contributed by atoms with Crippen molar-refractivity contribution in [3.63, 3.8) is 0 Å². The first-order valence-electron chi connectivity index (χ1n) is 11.0. The summed E-state index contributed by atoms with van der Waals surface area (Å²) in [4.78, 5) is 35.2. The molecule has 7 heteroatoms. The van der Waals surface area contributed by atoms with Gasteiger partial charge in [-0.2, -0.15) is 0 Å². The van der Waals surface area contributed by atoms with Gasteiger partial charge in [0.15, 0.2) is 0 Å². The molecule has 0 fully saturated rings. The average Bonchev–Trinajstić information content (AvgIpc) is 3.09. The number of ether oxygens (including phenoxy) is 1. The van der Waals surface area contributed by atoms with Gasteiger partial charge in [-0.3, -0.25) is 4.79 Å². The molecule has 2 unspecified atom stereocenters. The van der Waals surface area contributed by atoms with E-state index in [0.717, 1.165) is 11.1 Å². The molecule has 2 amide bonds. The van der Waals surface area contributed by atoms with Crippen molar-refractivity contribution in [3.8, 4) is 11.1 Å². The van der Waals surface area contributed by atoms with Crippen LogP contribution in [0.4, 0.5) is 4.79 Å². The topological polar surface area (TPSA) is 105 Å². The van der Waals surface area contributed by atoms with E-state index < -0.39 is 18.1 Å². The third-order valence-electron chi connectivity index (χ3n) is 5.83. The highest BCUT2D eigenvalue weighted by Gasteiger charge is 2.29. The van der Waals surface area contributed by atoms with Crippen LogP contribution < -0.4 is 10.6 Å². The Kier molecular flexibility index (Phi) is 7.87. The van der Waals surface area contributed by atoms with Gasteiger partial charge in [0.25, 0.3) is 0 Å². The van der Waals surface area contributed by atoms with Crippen LogP contribution in [-0.2, 0) is 14.3 Å². The van der Waals surface area contributed by atoms with Gasteiger partial charge in [0.1, 0.15) is 12.6 Å². The Labute approximate surface area is 188 Å². The van der Waals surface area contributed by atoms with Crippen LogP contribution in [-0.4, -0.2) is 42.3 Å². The number of hydrogen-bond acceptors (Lipinski definition) is 4. The highest BCUT2D eigenvalue weighted by molar-refractivity contribution is 5.83. The average molecular weight is 439 g/mol. The van der Waals surface area contributed by atoms with Gasteiger partial charge >= 0.3 is 12.1 Å². The number of benzene rings is 2. The second-order valence-electron chi connectivity index (χ2n) is 8.22. The number of hydrogen-bond donors (Lipinski definition) is 3. The van der Waals surface area contributed by atoms with E-state index in [1.54, 1.807) is 6.92 Å². The summed E-state index contributed by atoms with van der Waals surface area (Å²) >= 11 is 0. The lowest BCUT2D eigenvalue weighted by molar-refractivity contribution is -0.142. The molecule has 1 aliphatic carbocycles. The number of carboxylic acids is 1. The van der Waals surface area contributed by atoms with Crippen LogP contribution in [0.3, 0.4) is 0 Å². The van der Waals surface area contributed by atoms with Gasteiger partial charge in [-0.15, -0.1) is 0 Å². The molecule has 3 rings (SSSR count). The molecule has 0 saturated heterocycles. The van der Waals surface area contributed by atoms with Gasteiger partial charge in [-0.05, 0) is 41.0 Å². The summed E-state index contributed by atoms with van der Waals surface area (Å²) < 4.78 is 5.50. The maximum atomic E-state index is 12.2. The molecule has 0 aromatic heterocycles. The Morgan fingerprint density at radius 2 is 1.62 bits per heavy atom. The molecule has 170 valence electrons. The van der Waals surface area contributed by atoms with Crippen LogP contribution in [0, 0.1) is 5.92 Å². The summed E-state index contributed by atoms with van der Waals surface area (Å²) in [5.74, 6) is -1.33. The van der Waals surface area contributed by atoms with E-state index in [1.165, 1.54) is 11.1 Å². The molecular formula is C25H30N2O5. The molecule has 7 nitrogen and oxygen atoms in total. The van der Waals surface area contributed by atoms with Crippen molar-refractivity contribution in [2.45, 2.75) is 45.1 Å². The van der Waals surface area contributed by atoms with Crippen LogP contribution in [0.5, 0.6) is 0 Å². The zero-order valence-electron chi connectivity index (χ0n) is 18.5. The zero-order valence-corrected chi connectivity index (χ0v) is 18.5. The quantitative estimate of drug-likeness (QED) is 0.521. The number of carboxylic acid groups (broad SMARTS) is 1. The summed E-state index contributed by atoms with van der Waals surface area (Å²) in [7, 11) is 0. The number of nitrogens with one attached hydrogen (secondary N) is 2. The predicted molar refractivity (Wildman–Crippen MR) is 121 cm³/mol. The molecule has 0 aliphatic heterocycles. The van der Waals surface area contributed by atoms with E-state index in [1.807, 2.05) is 31.2 Å². The Balaban J connectivity index is 1.42. The van der Waals surface area contributed by atoms with Crippen molar-refractivity contribution in [3.05, 3.63) is 59.7 Å². The number of carbonyl (C=O) groups excluding carboxylic acids is 2. The molecule has 3 N–H and O–H groups in total. The van der Waals surface area contributed by atoms with Gasteiger partial charge < -0.3 is 20.5 Å². The fraction of sp³-hybridized carbons (Fsp3) is 0.400. The zero-order chi connectivity index (χ0) is 23.1. The summed E-state index contributed by atoms with van der Waals surface area (Å²) in [5.41, 5.74) is 4.68. The van der Waals surface area contributed by atoms with Crippen molar-refractivity contribution in [2.24, 2.45) is 5.92 Å². The van der Waals surface area contributed by atoms with Gasteiger partial charge in [-0.25, -0.2) is 9.59 Å². The number of alkyl carbamates (subject to hydrolysis) is 1. The second kappa shape index (κ2) is 10.8. The highest BCUT2D eigenvalue weighted by Crippen LogP contribution is 2.44. The number of carbonyl (C=O) groups is 3. The van der Waals surface area contributed by atoms with Crippen molar-refractivity contribution >= 4 is 18.0 Å². The SMILES string of the molecule is CCC(NC(=O)CC(C)CCNC(=O)OCC1c2ccccc2-c2ccccc21)C(=O)O. The number of aliphatic carboxylic acids is 1. The molecule has 0 bridgehead atoms. The smallest absolute Gasteiger partial charge is 0.407 e. The van der Waals surface area contributed by atoms with Crippen molar-refractivity contribution in [2.75, 3.05) is 13.2 Å². The van der Waals surface area contributed by atoms with E-state index >= 15 is 0 Å². The normalized spacial score (nSPS) is 14.1. The fourth-order valence-electron chi connectivity index (χ4n) is 4.08. The minimum Gasteiger partial charge on any atom is -0.480 e. The minimum absolute atomic E-state index is 0.00446. The second-order valence-corrected chi connectivity index (χ2v) is 8.22. The predicted octanol–water partition coefficient (Wildman–Crippen LogP) is 3.92. The Hall–Kier alpha value is -3.35. The molecule has 2 aromatic carbocycles. The Morgan fingerprint density at radius 1 is 1.03 bits per heavy atom. The Morgan fingerprint density at radius 3 is 2.19 bits per heavy atom. The largest absolute Gasteiger partial charge is 0.480 e. The lowest BCUT2D eigenvalue weighted by Crippen LogP contribution is -2.40. The maximum Gasteiger partial charge on any atom is 0.407 e. The van der Waals surface area contributed by atoms with E-state index in [-0.39, 0.29) is 30.8 Å². The van der Waals surface area contributed by atoms with Gasteiger partial charge in [0, 0.05) is 18.9 Å². The summed E-state index contributed by atoms with van der Waals surface area (Å²) in [6, 6.07) is 15.5. The molecule has 0 radical (unpaired) electrons. The molecule has 1 aliphatic rings. The first kappa shape index (κ1) is 23.3. The molecule has 2 aromatic rings. The summed E-state index contributed by atoms with van der Waals surface area (Å²) in [6.07, 6.45) is 0.636. The molecule has 0 heterocycles. The van der Waals surface area contributed by atoms with Crippen molar-refractivity contribution in [1.82, 2.24) is 10.6 Å². The van der Waals surface area contributed by atoms with Gasteiger partial charge in [0.2, 0.25) is 5.91 Å². The van der Waals surface area contributed by atoms with Crippen LogP contribution in [0.25, 0.3) is 11.1 Å². The summed E-state index contributed by atoms with van der Waals surface area (Å²) in [5, 5.41) is 14.3. The first-order chi connectivity index (χ1) is 15.4. The van der Waals surface area contributed by atoms with E-state index in [9.17, 15) is 14.4 Å². The van der Waals surface area contributed by atoms with Crippen molar-refractivity contribution < 1.29 is 24.2 Å². The number of amides is 2. The van der Waals surface area contributed by atoms with Crippen LogP contribution in [0.15, 0.2) is 48.5 Å². The van der Waals surface area contributed by atoms with E-state index in [4.69, 9.17) is 9.84 Å². The highest BCUT2D eigenvalue weighted by atomic mass is 16.5. The van der Waals surface area contributed by atoms with E-state index in [0.29, 0.717) is 19.4 Å². The molecule has 0 saturated carbocycles. The third kappa shape index (κ3) is 5.66. The maximum absolute atomic E-state index is 12.2. The molecule has 0 spiro atoms. The Bertz CT molecular complexity index is 929. The van der Waals surface area contributed by atoms with Gasteiger partial charge in [-0.1, -0.05) is 62.4 Å². The van der Waals surface area contributed by atoms with Crippen LogP contribution in [0.1, 0.15) is 50.2 Å². The molecule has 32 heavy (non-hydrogen) atoms. The van der Waals surface area contributed by atoms with Crippen molar-refractivity contribution in [1.29, 1.82) is 0 Å². The number of rotatable bonds is 10. The molecular weight excluding hydrogens is 408 g/mol. The lowest BCUT2D eigenvalue weighted by Gasteiger charge is -2.16.